The second kappa shape index (κ2) is 12.5. The number of hydrogen-bond acceptors (Lipinski definition) is 8. The van der Waals surface area contributed by atoms with E-state index in [0.717, 1.165) is 44.2 Å². The number of pyridine rings is 2. The quantitative estimate of drug-likeness (QED) is 0.207. The molecular weight excluding hydrogens is 646 g/mol. The molecule has 0 aliphatic carbocycles. The molecule has 8 rings (SSSR count). The van der Waals surface area contributed by atoms with Crippen LogP contribution in [0.5, 0.6) is 0 Å². The Labute approximate surface area is 289 Å². The molecular formula is C38H29N9O4. The Kier molecular flexibility index (Phi) is 7.68. The third-order valence-corrected chi connectivity index (χ3v) is 9.19. The number of rotatable bonds is 5. The summed E-state index contributed by atoms with van der Waals surface area (Å²) in [6.07, 6.45) is 4.04. The van der Waals surface area contributed by atoms with Gasteiger partial charge in [-0.25, -0.2) is 9.48 Å². The SMILES string of the molecule is Cn1c(=O)n(C)c2cc(-c3cccc4cc(-c5ccc(C(=O)NCC#Cc6ccc7nnn(C8CCC(=O)NC8=O)c7c6)nc5)ncc34)ccc21. The molecule has 0 spiro atoms. The molecule has 5 heterocycles. The van der Waals surface area contributed by atoms with Crippen molar-refractivity contribution in [1.29, 1.82) is 0 Å². The number of imide groups is 1. The lowest BCUT2D eigenvalue weighted by molar-refractivity contribution is -0.135. The summed E-state index contributed by atoms with van der Waals surface area (Å²) in [7, 11) is 3.54. The predicted molar refractivity (Wildman–Crippen MR) is 190 cm³/mol. The number of piperidine rings is 1. The van der Waals surface area contributed by atoms with E-state index < -0.39 is 11.9 Å². The van der Waals surface area contributed by atoms with Crippen LogP contribution in [-0.4, -0.2) is 58.4 Å². The van der Waals surface area contributed by atoms with Gasteiger partial charge < -0.3 is 5.32 Å². The maximum absolute atomic E-state index is 12.8. The second-order valence-electron chi connectivity index (χ2n) is 12.3. The van der Waals surface area contributed by atoms with Gasteiger partial charge in [0.25, 0.3) is 11.8 Å². The van der Waals surface area contributed by atoms with E-state index in [1.165, 1.54) is 4.68 Å². The second-order valence-corrected chi connectivity index (χ2v) is 12.3. The summed E-state index contributed by atoms with van der Waals surface area (Å²) in [6.45, 7) is 0.0903. The maximum Gasteiger partial charge on any atom is 0.328 e. The van der Waals surface area contributed by atoms with Gasteiger partial charge in [0.2, 0.25) is 5.91 Å². The standard InChI is InChI=1S/C38H29N9O4/c1-45-31-13-10-24(19-34(31)46(2)38(45)51)26-7-3-6-23-18-30(41-21-27(23)26)25-9-12-29(40-20-25)36(49)39-16-4-5-22-8-11-28-33(17-22)47(44-43-28)32-14-15-35(48)42-37(32)50/h3,6-13,17-21,32H,14-16H2,1-2H3,(H,39,49)(H,42,48,50). The monoisotopic (exact) mass is 675 g/mol. The maximum atomic E-state index is 12.8. The molecule has 250 valence electrons. The van der Waals surface area contributed by atoms with Crippen molar-refractivity contribution in [1.82, 2.24) is 44.7 Å². The van der Waals surface area contributed by atoms with E-state index in [0.29, 0.717) is 23.0 Å². The summed E-state index contributed by atoms with van der Waals surface area (Å²) in [5.74, 6) is 4.90. The van der Waals surface area contributed by atoms with Crippen LogP contribution in [0, 0.1) is 11.8 Å². The summed E-state index contributed by atoms with van der Waals surface area (Å²) < 4.78 is 4.80. The Bertz CT molecular complexity index is 2690. The average molecular weight is 676 g/mol. The van der Waals surface area contributed by atoms with Crippen molar-refractivity contribution in [3.05, 3.63) is 107 Å². The van der Waals surface area contributed by atoms with Crippen molar-refractivity contribution in [3.8, 4) is 34.2 Å². The zero-order valence-electron chi connectivity index (χ0n) is 27.5. The Morgan fingerprint density at radius 1 is 0.902 bits per heavy atom. The fourth-order valence-electron chi connectivity index (χ4n) is 6.46. The molecule has 1 fully saturated rings. The first-order valence-electron chi connectivity index (χ1n) is 16.2. The number of carbonyl (C=O) groups excluding carboxylic acids is 3. The van der Waals surface area contributed by atoms with Crippen LogP contribution in [0.25, 0.3) is 55.2 Å². The fourth-order valence-corrected chi connectivity index (χ4v) is 6.46. The summed E-state index contributed by atoms with van der Waals surface area (Å²) in [5, 5.41) is 15.3. The molecule has 51 heavy (non-hydrogen) atoms. The van der Waals surface area contributed by atoms with Crippen molar-refractivity contribution >= 4 is 50.6 Å². The molecule has 2 N–H and O–H groups in total. The molecule has 0 radical (unpaired) electrons. The summed E-state index contributed by atoms with van der Waals surface area (Å²) in [6, 6.07) is 22.2. The molecule has 13 heteroatoms. The van der Waals surface area contributed by atoms with Gasteiger partial charge in [-0.2, -0.15) is 0 Å². The molecule has 0 saturated carbocycles. The van der Waals surface area contributed by atoms with Crippen LogP contribution in [0.2, 0.25) is 0 Å². The number of imidazole rings is 1. The number of carbonyl (C=O) groups is 3. The predicted octanol–water partition coefficient (Wildman–Crippen LogP) is 3.66. The highest BCUT2D eigenvalue weighted by molar-refractivity contribution is 6.00. The van der Waals surface area contributed by atoms with Crippen LogP contribution in [0.4, 0.5) is 0 Å². The van der Waals surface area contributed by atoms with E-state index in [1.54, 1.807) is 53.7 Å². The number of nitrogens with one attached hydrogen (secondary N) is 2. The van der Waals surface area contributed by atoms with Crippen molar-refractivity contribution in [2.24, 2.45) is 14.1 Å². The largest absolute Gasteiger partial charge is 0.340 e. The molecule has 1 aliphatic heterocycles. The zero-order valence-corrected chi connectivity index (χ0v) is 27.5. The fraction of sp³-hybridized carbons (Fsp3) is 0.158. The molecule has 3 aromatic carbocycles. The first-order chi connectivity index (χ1) is 24.7. The lowest BCUT2D eigenvalue weighted by Gasteiger charge is -2.21. The van der Waals surface area contributed by atoms with Gasteiger partial charge in [-0.15, -0.1) is 5.10 Å². The Morgan fingerprint density at radius 3 is 2.57 bits per heavy atom. The first kappa shape index (κ1) is 31.3. The van der Waals surface area contributed by atoms with E-state index in [-0.39, 0.29) is 36.2 Å². The minimum atomic E-state index is -0.625. The van der Waals surface area contributed by atoms with E-state index >= 15 is 0 Å². The van der Waals surface area contributed by atoms with Gasteiger partial charge in [-0.1, -0.05) is 41.3 Å². The van der Waals surface area contributed by atoms with Crippen molar-refractivity contribution in [2.75, 3.05) is 6.54 Å². The highest BCUT2D eigenvalue weighted by atomic mass is 16.2. The number of aryl methyl sites for hydroxylation is 2. The molecule has 1 atom stereocenters. The molecule has 4 aromatic heterocycles. The van der Waals surface area contributed by atoms with Crippen molar-refractivity contribution in [3.63, 3.8) is 0 Å². The highest BCUT2D eigenvalue weighted by Crippen LogP contribution is 2.32. The number of hydrogen-bond donors (Lipinski definition) is 2. The summed E-state index contributed by atoms with van der Waals surface area (Å²) >= 11 is 0. The summed E-state index contributed by atoms with van der Waals surface area (Å²) in [5.41, 5.74) is 7.28. The van der Waals surface area contributed by atoms with Crippen LogP contribution >= 0.6 is 0 Å². The first-order valence-corrected chi connectivity index (χ1v) is 16.2. The smallest absolute Gasteiger partial charge is 0.328 e. The number of benzene rings is 3. The van der Waals surface area contributed by atoms with Crippen molar-refractivity contribution < 1.29 is 14.4 Å². The van der Waals surface area contributed by atoms with Crippen LogP contribution in [0.1, 0.15) is 34.9 Å². The Hall–Kier alpha value is -6.94. The van der Waals surface area contributed by atoms with Gasteiger partial charge >= 0.3 is 5.69 Å². The molecule has 1 aliphatic rings. The Morgan fingerprint density at radius 2 is 1.75 bits per heavy atom. The van der Waals surface area contributed by atoms with Crippen molar-refractivity contribution in [2.45, 2.75) is 18.9 Å². The third-order valence-electron chi connectivity index (χ3n) is 9.19. The average Bonchev–Trinajstić information content (AvgIpc) is 3.66. The van der Waals surface area contributed by atoms with E-state index in [4.69, 9.17) is 4.98 Å². The molecule has 1 unspecified atom stereocenters. The summed E-state index contributed by atoms with van der Waals surface area (Å²) in [4.78, 5) is 58.3. The molecule has 7 aromatic rings. The van der Waals surface area contributed by atoms with Gasteiger partial charge in [0.15, 0.2) is 0 Å². The molecule has 3 amide bonds. The zero-order chi connectivity index (χ0) is 35.2. The highest BCUT2D eigenvalue weighted by Gasteiger charge is 2.30. The van der Waals surface area contributed by atoms with E-state index in [2.05, 4.69) is 37.8 Å². The molecule has 1 saturated heterocycles. The van der Waals surface area contributed by atoms with E-state index in [1.807, 2.05) is 54.7 Å². The van der Waals surface area contributed by atoms with Gasteiger partial charge in [-0.05, 0) is 71.5 Å². The van der Waals surface area contributed by atoms with Gasteiger partial charge in [0.1, 0.15) is 17.3 Å². The number of amides is 3. The minimum Gasteiger partial charge on any atom is -0.340 e. The Balaban J connectivity index is 0.946. The number of aromatic nitrogens is 7. The van der Waals surface area contributed by atoms with Crippen LogP contribution in [0.15, 0.2) is 90.0 Å². The van der Waals surface area contributed by atoms with Gasteiger partial charge in [0.05, 0.1) is 28.8 Å². The lowest BCUT2D eigenvalue weighted by atomic mass is 9.98. The van der Waals surface area contributed by atoms with Gasteiger partial charge in [-0.3, -0.25) is 38.8 Å². The van der Waals surface area contributed by atoms with Gasteiger partial charge in [0, 0.05) is 49.4 Å². The molecule has 0 bridgehead atoms. The molecule has 13 nitrogen and oxygen atoms in total. The lowest BCUT2D eigenvalue weighted by Crippen LogP contribution is -2.42. The normalized spacial score (nSPS) is 14.4. The minimum absolute atomic E-state index is 0.0695. The topological polar surface area (TPSA) is 159 Å². The van der Waals surface area contributed by atoms with Crippen LogP contribution in [-0.2, 0) is 23.7 Å². The third kappa shape index (κ3) is 5.68. The number of nitrogens with zero attached hydrogens (tertiary/aromatic N) is 7. The van der Waals surface area contributed by atoms with Crippen LogP contribution < -0.4 is 16.3 Å². The number of fused-ring (bicyclic) bond motifs is 3. The van der Waals surface area contributed by atoms with E-state index in [9.17, 15) is 19.2 Å². The van der Waals surface area contributed by atoms with Crippen LogP contribution in [0.3, 0.4) is 0 Å².